The van der Waals surface area contributed by atoms with Crippen molar-refractivity contribution < 1.29 is 47.2 Å². The van der Waals surface area contributed by atoms with E-state index in [1.807, 2.05) is 0 Å². The summed E-state index contributed by atoms with van der Waals surface area (Å²) in [6.45, 7) is 7.63. The second kappa shape index (κ2) is 9.68. The van der Waals surface area contributed by atoms with Crippen LogP contribution in [-0.2, 0) is 21.4 Å². The summed E-state index contributed by atoms with van der Waals surface area (Å²) in [5.41, 5.74) is 0.304. The first-order valence-electron chi connectivity index (χ1n) is 13.0. The highest BCUT2D eigenvalue weighted by Crippen LogP contribution is 2.57. The molecule has 0 bridgehead atoms. The van der Waals surface area contributed by atoms with Gasteiger partial charge < -0.3 is 30.0 Å². The molecule has 0 amide bonds. The topological polar surface area (TPSA) is 138 Å². The summed E-state index contributed by atoms with van der Waals surface area (Å²) in [7, 11) is 0. The predicted molar refractivity (Wildman–Crippen MR) is 145 cm³/mol. The summed E-state index contributed by atoms with van der Waals surface area (Å²) >= 11 is 0. The van der Waals surface area contributed by atoms with Gasteiger partial charge in [-0.2, -0.15) is 0 Å². The summed E-state index contributed by atoms with van der Waals surface area (Å²) in [6, 6.07) is 4.01. The van der Waals surface area contributed by atoms with Gasteiger partial charge in [-0.25, -0.2) is 0 Å². The number of rotatable bonds is 6. The second-order valence-corrected chi connectivity index (χ2v) is 10.5. The molecule has 0 saturated carbocycles. The molecule has 2 aromatic carbocycles. The zero-order valence-corrected chi connectivity index (χ0v) is 23.3. The molecule has 1 aliphatic carbocycles. The van der Waals surface area contributed by atoms with Gasteiger partial charge in [0.1, 0.15) is 39.7 Å². The minimum atomic E-state index is -4.83. The molecule has 2 heterocycles. The molecule has 0 unspecified atom stereocenters. The molecule has 42 heavy (non-hydrogen) atoms. The van der Waals surface area contributed by atoms with Crippen LogP contribution in [0, 0.1) is 13.8 Å². The zero-order valence-electron chi connectivity index (χ0n) is 23.3. The number of aryl methyl sites for hydroxylation is 1. The third-order valence-electron chi connectivity index (χ3n) is 7.85. The number of nitrogens with one attached hydrogen (secondary N) is 2. The number of ketones is 3. The van der Waals surface area contributed by atoms with Gasteiger partial charge in [0.2, 0.25) is 0 Å². The van der Waals surface area contributed by atoms with E-state index < -0.39 is 40.6 Å². The number of fused-ring (bicyclic) bond motifs is 4. The number of aromatic amines is 1. The van der Waals surface area contributed by atoms with Crippen LogP contribution < -0.4 is 14.8 Å². The largest absolute Gasteiger partial charge is 0.573 e. The molecule has 2 aliphatic rings. The van der Waals surface area contributed by atoms with Gasteiger partial charge in [-0.05, 0) is 64.8 Å². The van der Waals surface area contributed by atoms with Gasteiger partial charge >= 0.3 is 6.36 Å². The van der Waals surface area contributed by atoms with Crippen LogP contribution in [0.1, 0.15) is 53.5 Å². The predicted octanol–water partition coefficient (Wildman–Crippen LogP) is 5.09. The Kier molecular flexibility index (Phi) is 6.63. The summed E-state index contributed by atoms with van der Waals surface area (Å²) < 4.78 is 48.0. The van der Waals surface area contributed by atoms with Crippen molar-refractivity contribution in [1.82, 2.24) is 10.3 Å². The first-order valence-corrected chi connectivity index (χ1v) is 13.0. The Morgan fingerprint density at radius 2 is 1.83 bits per heavy atom. The van der Waals surface area contributed by atoms with Gasteiger partial charge in [-0.3, -0.25) is 14.4 Å². The third-order valence-corrected chi connectivity index (χ3v) is 7.85. The summed E-state index contributed by atoms with van der Waals surface area (Å²) in [4.78, 5) is 42.5. The molecule has 220 valence electrons. The number of hydrogen-bond donors (Lipinski definition) is 4. The first-order chi connectivity index (χ1) is 19.6. The van der Waals surface area contributed by atoms with Crippen LogP contribution in [0.4, 0.5) is 13.2 Å². The number of hydrogen-bond acceptors (Lipinski definition) is 8. The molecule has 4 N–H and O–H groups in total. The third kappa shape index (κ3) is 4.38. The van der Waals surface area contributed by atoms with Crippen molar-refractivity contribution in [2.75, 3.05) is 6.54 Å². The highest BCUT2D eigenvalue weighted by Gasteiger charge is 2.56. The van der Waals surface area contributed by atoms with Crippen LogP contribution in [-0.4, -0.2) is 45.5 Å². The summed E-state index contributed by atoms with van der Waals surface area (Å²) in [5, 5.41) is 25.1. The Balaban J connectivity index is 1.46. The lowest BCUT2D eigenvalue weighted by Gasteiger charge is -2.29. The molecule has 5 rings (SSSR count). The van der Waals surface area contributed by atoms with Crippen molar-refractivity contribution in [3.63, 3.8) is 0 Å². The highest BCUT2D eigenvalue weighted by molar-refractivity contribution is 6.31. The van der Waals surface area contributed by atoms with Crippen LogP contribution in [0.5, 0.6) is 23.0 Å². The Hall–Kier alpha value is -4.74. The lowest BCUT2D eigenvalue weighted by atomic mass is 9.70. The van der Waals surface area contributed by atoms with E-state index in [-0.39, 0.29) is 51.8 Å². The summed E-state index contributed by atoms with van der Waals surface area (Å²) in [6.07, 6.45) is -3.37. The van der Waals surface area contributed by atoms with Crippen LogP contribution >= 0.6 is 0 Å². The van der Waals surface area contributed by atoms with E-state index in [2.05, 4.69) is 15.0 Å². The standard InChI is InChI=1S/C30H27F3N2O7/c1-12-25(38)23(15(4)36)27-24(26(12)39)29(5)21(41-27)11-20(37)22(28(29)40)14(3)34-9-8-17-13(2)35-19-7-6-16(10-18(17)19)42-30(31,32)33/h6-7,10-11,34-35,38-39H,8-9H2,1-5H3/t29-/m0/s1. The number of aromatic nitrogens is 1. The number of alkyl halides is 3. The van der Waals surface area contributed by atoms with Crippen LogP contribution in [0.3, 0.4) is 0 Å². The van der Waals surface area contributed by atoms with Crippen LogP contribution in [0.2, 0.25) is 0 Å². The van der Waals surface area contributed by atoms with Crippen molar-refractivity contribution in [3.05, 3.63) is 69.3 Å². The van der Waals surface area contributed by atoms with Gasteiger partial charge in [0.15, 0.2) is 17.3 Å². The fraction of sp³-hybridized carbons (Fsp3) is 0.300. The number of phenols is 2. The molecule has 3 aromatic rings. The maximum Gasteiger partial charge on any atom is 0.573 e. The van der Waals surface area contributed by atoms with Crippen molar-refractivity contribution in [1.29, 1.82) is 0 Å². The van der Waals surface area contributed by atoms with Crippen molar-refractivity contribution in [2.45, 2.75) is 52.8 Å². The number of ether oxygens (including phenoxy) is 2. The van der Waals surface area contributed by atoms with Gasteiger partial charge in [0, 0.05) is 40.5 Å². The molecule has 1 aromatic heterocycles. The Morgan fingerprint density at radius 3 is 2.48 bits per heavy atom. The Morgan fingerprint density at radius 1 is 1.14 bits per heavy atom. The smallest absolute Gasteiger partial charge is 0.507 e. The minimum absolute atomic E-state index is 0.00649. The number of halogens is 3. The van der Waals surface area contributed by atoms with Crippen LogP contribution in [0.25, 0.3) is 10.9 Å². The molecule has 0 spiro atoms. The number of phenolic OH excluding ortho intramolecular Hbond substituents is 2. The number of allylic oxidation sites excluding steroid dienone is 4. The molecule has 1 aliphatic heterocycles. The average Bonchev–Trinajstić information content (AvgIpc) is 3.35. The van der Waals surface area contributed by atoms with Gasteiger partial charge in [0.25, 0.3) is 0 Å². The zero-order chi connectivity index (χ0) is 30.9. The number of benzene rings is 2. The van der Waals surface area contributed by atoms with E-state index in [0.717, 1.165) is 17.3 Å². The maximum atomic E-state index is 13.9. The SMILES string of the molecule is CC(=O)c1c(O)c(C)c(O)c2c1OC1=CC(=O)C(=C(C)NCCc3c(C)[nH]c4ccc(OC(F)(F)F)cc34)C(=O)[C@@]12C. The highest BCUT2D eigenvalue weighted by atomic mass is 19.4. The van der Waals surface area contributed by atoms with E-state index in [4.69, 9.17) is 4.74 Å². The molecule has 0 saturated heterocycles. The number of carbonyl (C=O) groups excluding carboxylic acids is 3. The molecule has 0 fully saturated rings. The van der Waals surface area contributed by atoms with Crippen molar-refractivity contribution in [3.8, 4) is 23.0 Å². The monoisotopic (exact) mass is 584 g/mol. The maximum absolute atomic E-state index is 13.9. The normalized spacial score (nSPS) is 19.3. The van der Waals surface area contributed by atoms with E-state index in [1.165, 1.54) is 39.0 Å². The van der Waals surface area contributed by atoms with E-state index in [9.17, 15) is 37.8 Å². The van der Waals surface area contributed by atoms with E-state index in [1.54, 1.807) is 13.8 Å². The fourth-order valence-electron chi connectivity index (χ4n) is 5.71. The van der Waals surface area contributed by atoms with Crippen molar-refractivity contribution >= 4 is 28.3 Å². The molecule has 9 nitrogen and oxygen atoms in total. The Bertz CT molecular complexity index is 1780. The second-order valence-electron chi connectivity index (χ2n) is 10.5. The van der Waals surface area contributed by atoms with Crippen molar-refractivity contribution in [2.24, 2.45) is 0 Å². The fourth-order valence-corrected chi connectivity index (χ4v) is 5.71. The van der Waals surface area contributed by atoms with Gasteiger partial charge in [0.05, 0.1) is 11.1 Å². The minimum Gasteiger partial charge on any atom is -0.507 e. The molecule has 1 atom stereocenters. The molecule has 12 heteroatoms. The lowest BCUT2D eigenvalue weighted by molar-refractivity contribution is -0.274. The average molecular weight is 585 g/mol. The summed E-state index contributed by atoms with van der Waals surface area (Å²) in [5.74, 6) is -3.35. The lowest BCUT2D eigenvalue weighted by Crippen LogP contribution is -2.41. The van der Waals surface area contributed by atoms with E-state index in [0.29, 0.717) is 17.3 Å². The van der Waals surface area contributed by atoms with E-state index >= 15 is 0 Å². The molecular formula is C30H27F3N2O7. The molecular weight excluding hydrogens is 557 g/mol. The molecule has 0 radical (unpaired) electrons. The quantitative estimate of drug-likeness (QED) is 0.179. The Labute approximate surface area is 237 Å². The number of H-pyrrole nitrogens is 1. The van der Waals surface area contributed by atoms with Crippen LogP contribution in [0.15, 0.2) is 41.3 Å². The first kappa shape index (κ1) is 28.8. The van der Waals surface area contributed by atoms with Gasteiger partial charge in [-0.1, -0.05) is 0 Å². The number of Topliss-reactive ketones (excluding diaryl/α,β-unsaturated/α-hetero) is 2. The number of carbonyl (C=O) groups is 3. The van der Waals surface area contributed by atoms with Gasteiger partial charge in [-0.15, -0.1) is 13.2 Å². The number of aromatic hydroxyl groups is 2.